The standard InChI is InChI=1S/C11H18O3S/c1-8(2)11(12)6-9-4-3-5-10(7-11)15(9,13)14/h9-10,12H,1,3-7H2,2H3. The van der Waals surface area contributed by atoms with Gasteiger partial charge in [0.2, 0.25) is 0 Å². The molecular weight excluding hydrogens is 212 g/mol. The number of sulfone groups is 1. The highest BCUT2D eigenvalue weighted by molar-refractivity contribution is 7.92. The van der Waals surface area contributed by atoms with Crippen LogP contribution in [0.5, 0.6) is 0 Å². The molecule has 0 aromatic rings. The molecule has 0 radical (unpaired) electrons. The second kappa shape index (κ2) is 3.32. The van der Waals surface area contributed by atoms with E-state index in [9.17, 15) is 13.5 Å². The van der Waals surface area contributed by atoms with Crippen LogP contribution in [-0.4, -0.2) is 29.6 Å². The highest BCUT2D eigenvalue weighted by atomic mass is 32.2. The molecule has 2 bridgehead atoms. The van der Waals surface area contributed by atoms with Crippen molar-refractivity contribution in [1.29, 1.82) is 0 Å². The van der Waals surface area contributed by atoms with E-state index in [1.807, 2.05) is 0 Å². The predicted octanol–water partition coefficient (Wildman–Crippen LogP) is 1.42. The second-order valence-electron chi connectivity index (χ2n) is 4.98. The van der Waals surface area contributed by atoms with Gasteiger partial charge in [-0.05, 0) is 38.2 Å². The van der Waals surface area contributed by atoms with Gasteiger partial charge in [-0.15, -0.1) is 0 Å². The van der Waals surface area contributed by atoms with Crippen molar-refractivity contribution >= 4 is 9.84 Å². The summed E-state index contributed by atoms with van der Waals surface area (Å²) in [7, 11) is -2.97. The Kier molecular flexibility index (Phi) is 2.47. The van der Waals surface area contributed by atoms with Crippen molar-refractivity contribution < 1.29 is 13.5 Å². The van der Waals surface area contributed by atoms with Gasteiger partial charge >= 0.3 is 0 Å². The molecule has 0 aliphatic carbocycles. The molecule has 86 valence electrons. The Labute approximate surface area is 91.1 Å². The topological polar surface area (TPSA) is 54.4 Å². The normalized spacial score (nSPS) is 43.6. The third-order valence-electron chi connectivity index (χ3n) is 3.91. The van der Waals surface area contributed by atoms with Crippen LogP contribution in [0.15, 0.2) is 12.2 Å². The third kappa shape index (κ3) is 1.64. The number of hydrogen-bond acceptors (Lipinski definition) is 3. The first-order valence-electron chi connectivity index (χ1n) is 5.47. The first-order valence-corrected chi connectivity index (χ1v) is 7.08. The summed E-state index contributed by atoms with van der Waals surface area (Å²) >= 11 is 0. The largest absolute Gasteiger partial charge is 0.385 e. The molecule has 3 nitrogen and oxygen atoms in total. The summed E-state index contributed by atoms with van der Waals surface area (Å²) in [6.45, 7) is 5.57. The van der Waals surface area contributed by atoms with Crippen molar-refractivity contribution in [3.8, 4) is 0 Å². The van der Waals surface area contributed by atoms with E-state index in [1.165, 1.54) is 0 Å². The number of fused-ring (bicyclic) bond motifs is 2. The highest BCUT2D eigenvalue weighted by Crippen LogP contribution is 2.43. The van der Waals surface area contributed by atoms with Gasteiger partial charge in [0.05, 0.1) is 16.1 Å². The minimum atomic E-state index is -2.97. The molecule has 0 aromatic carbocycles. The van der Waals surface area contributed by atoms with Gasteiger partial charge in [0.25, 0.3) is 0 Å². The maximum atomic E-state index is 12.0. The van der Waals surface area contributed by atoms with E-state index in [0.717, 1.165) is 6.42 Å². The predicted molar refractivity (Wildman–Crippen MR) is 59.3 cm³/mol. The Bertz CT molecular complexity index is 363. The van der Waals surface area contributed by atoms with E-state index >= 15 is 0 Å². The molecule has 2 atom stereocenters. The third-order valence-corrected chi connectivity index (χ3v) is 6.57. The molecule has 0 amide bonds. The van der Waals surface area contributed by atoms with E-state index in [0.29, 0.717) is 31.3 Å². The molecule has 2 aliphatic heterocycles. The van der Waals surface area contributed by atoms with Crippen LogP contribution in [0.4, 0.5) is 0 Å². The zero-order valence-electron chi connectivity index (χ0n) is 9.07. The van der Waals surface area contributed by atoms with Gasteiger partial charge in [0.15, 0.2) is 9.84 Å². The van der Waals surface area contributed by atoms with Gasteiger partial charge in [-0.3, -0.25) is 0 Å². The summed E-state index contributed by atoms with van der Waals surface area (Å²) in [5.74, 6) is 0. The molecule has 2 fully saturated rings. The molecule has 2 rings (SSSR count). The SMILES string of the molecule is C=C(C)C1(O)CC2CCCC(C1)S2(=O)=O. The number of aliphatic hydroxyl groups is 1. The maximum Gasteiger partial charge on any atom is 0.156 e. The highest BCUT2D eigenvalue weighted by Gasteiger charge is 2.50. The van der Waals surface area contributed by atoms with Crippen molar-refractivity contribution in [3.63, 3.8) is 0 Å². The molecule has 1 N–H and O–H groups in total. The van der Waals surface area contributed by atoms with Crippen LogP contribution in [0.2, 0.25) is 0 Å². The molecule has 2 aliphatic rings. The van der Waals surface area contributed by atoms with E-state index in [2.05, 4.69) is 6.58 Å². The maximum absolute atomic E-state index is 12.0. The van der Waals surface area contributed by atoms with E-state index in [4.69, 9.17) is 0 Å². The molecule has 0 saturated carbocycles. The molecule has 2 unspecified atom stereocenters. The first-order chi connectivity index (χ1) is 6.86. The van der Waals surface area contributed by atoms with Gasteiger partial charge < -0.3 is 5.11 Å². The minimum absolute atomic E-state index is 0.341. The molecule has 15 heavy (non-hydrogen) atoms. The fourth-order valence-electron chi connectivity index (χ4n) is 2.80. The van der Waals surface area contributed by atoms with Crippen molar-refractivity contribution in [3.05, 3.63) is 12.2 Å². The number of rotatable bonds is 1. The summed E-state index contributed by atoms with van der Waals surface area (Å²) < 4.78 is 23.9. The summed E-state index contributed by atoms with van der Waals surface area (Å²) in [6.07, 6.45) is 3.08. The van der Waals surface area contributed by atoms with E-state index in [1.54, 1.807) is 6.92 Å². The lowest BCUT2D eigenvalue weighted by molar-refractivity contribution is 0.0454. The first kappa shape index (κ1) is 11.1. The van der Waals surface area contributed by atoms with Gasteiger partial charge in [-0.2, -0.15) is 0 Å². The van der Waals surface area contributed by atoms with Gasteiger partial charge in [-0.25, -0.2) is 8.42 Å². The average Bonchev–Trinajstić information content (AvgIpc) is 2.07. The monoisotopic (exact) mass is 230 g/mol. The zero-order valence-corrected chi connectivity index (χ0v) is 9.89. The minimum Gasteiger partial charge on any atom is -0.385 e. The van der Waals surface area contributed by atoms with Crippen molar-refractivity contribution in [2.45, 2.75) is 55.1 Å². The Morgan fingerprint density at radius 3 is 2.20 bits per heavy atom. The molecule has 2 heterocycles. The molecule has 2 saturated heterocycles. The quantitative estimate of drug-likeness (QED) is 0.693. The Hall–Kier alpha value is -0.350. The molecule has 4 heteroatoms. The van der Waals surface area contributed by atoms with Crippen LogP contribution >= 0.6 is 0 Å². The van der Waals surface area contributed by atoms with Gasteiger partial charge in [-0.1, -0.05) is 13.0 Å². The van der Waals surface area contributed by atoms with Crippen LogP contribution in [0, 0.1) is 0 Å². The van der Waals surface area contributed by atoms with Crippen molar-refractivity contribution in [2.75, 3.05) is 0 Å². The van der Waals surface area contributed by atoms with Crippen LogP contribution in [0.25, 0.3) is 0 Å². The molecule has 0 spiro atoms. The fourth-order valence-corrected chi connectivity index (χ4v) is 5.35. The molecular formula is C11H18O3S. The van der Waals surface area contributed by atoms with Crippen LogP contribution in [-0.2, 0) is 9.84 Å². The van der Waals surface area contributed by atoms with E-state index in [-0.39, 0.29) is 10.5 Å². The Morgan fingerprint density at radius 2 is 1.80 bits per heavy atom. The summed E-state index contributed by atoms with van der Waals surface area (Å²) in [5.41, 5.74) is -0.240. The summed E-state index contributed by atoms with van der Waals surface area (Å²) in [4.78, 5) is 0. The smallest absolute Gasteiger partial charge is 0.156 e. The van der Waals surface area contributed by atoms with Crippen LogP contribution in [0.1, 0.15) is 39.0 Å². The average molecular weight is 230 g/mol. The Morgan fingerprint density at radius 1 is 1.33 bits per heavy atom. The lowest BCUT2D eigenvalue weighted by Gasteiger charge is -2.44. The van der Waals surface area contributed by atoms with Gasteiger partial charge in [0.1, 0.15) is 0 Å². The lowest BCUT2D eigenvalue weighted by atomic mass is 9.81. The van der Waals surface area contributed by atoms with Crippen LogP contribution in [0.3, 0.4) is 0 Å². The lowest BCUT2D eigenvalue weighted by Crippen LogP contribution is -2.52. The van der Waals surface area contributed by atoms with Crippen molar-refractivity contribution in [2.24, 2.45) is 0 Å². The number of hydrogen-bond donors (Lipinski definition) is 1. The Balaban J connectivity index is 2.34. The van der Waals surface area contributed by atoms with Crippen LogP contribution < -0.4 is 0 Å². The summed E-state index contributed by atoms with van der Waals surface area (Å²) in [5, 5.41) is 9.64. The zero-order chi connectivity index (χ0) is 11.3. The van der Waals surface area contributed by atoms with Crippen molar-refractivity contribution in [1.82, 2.24) is 0 Å². The van der Waals surface area contributed by atoms with Gasteiger partial charge in [0, 0.05) is 0 Å². The summed E-state index contributed by atoms with van der Waals surface area (Å²) in [6, 6.07) is 0. The molecule has 0 aromatic heterocycles. The second-order valence-corrected chi connectivity index (χ2v) is 7.50. The fraction of sp³-hybridized carbons (Fsp3) is 0.818. The van der Waals surface area contributed by atoms with E-state index < -0.39 is 15.4 Å².